The van der Waals surface area contributed by atoms with Gasteiger partial charge in [-0.15, -0.1) is 0 Å². The summed E-state index contributed by atoms with van der Waals surface area (Å²) in [5.41, 5.74) is 0.435. The van der Waals surface area contributed by atoms with Crippen molar-refractivity contribution in [3.63, 3.8) is 0 Å². The number of amides is 2. The van der Waals surface area contributed by atoms with Gasteiger partial charge in [-0.3, -0.25) is 4.79 Å². The van der Waals surface area contributed by atoms with E-state index in [9.17, 15) is 14.0 Å². The van der Waals surface area contributed by atoms with Crippen LogP contribution < -0.4 is 4.74 Å². The van der Waals surface area contributed by atoms with E-state index < -0.39 is 0 Å². The van der Waals surface area contributed by atoms with Crippen molar-refractivity contribution >= 4 is 12.0 Å². The van der Waals surface area contributed by atoms with Gasteiger partial charge in [-0.25, -0.2) is 9.18 Å². The largest absolute Gasteiger partial charge is 0.493 e. The lowest BCUT2D eigenvalue weighted by atomic mass is 9.90. The first-order valence-electron chi connectivity index (χ1n) is 12.7. The summed E-state index contributed by atoms with van der Waals surface area (Å²) < 4.78 is 25.7. The highest BCUT2D eigenvalue weighted by molar-refractivity contribution is 5.79. The number of carbonyl (C=O) groups excluding carboxylic acids is 2. The van der Waals surface area contributed by atoms with Crippen LogP contribution in [0, 0.1) is 23.6 Å². The van der Waals surface area contributed by atoms with Crippen molar-refractivity contribution < 1.29 is 23.5 Å². The molecule has 1 aromatic carbocycles. The lowest BCUT2D eigenvalue weighted by Gasteiger charge is -2.34. The molecule has 0 spiro atoms. The molecule has 6 nitrogen and oxygen atoms in total. The fourth-order valence-corrected chi connectivity index (χ4v) is 5.33. The number of rotatable bonds is 8. The van der Waals surface area contributed by atoms with Crippen molar-refractivity contribution in [2.45, 2.75) is 63.9 Å². The third-order valence-electron chi connectivity index (χ3n) is 8.03. The van der Waals surface area contributed by atoms with E-state index in [1.807, 2.05) is 4.90 Å². The molecule has 5 rings (SSSR count). The minimum atomic E-state index is -0.367. The second kappa shape index (κ2) is 9.90. The standard InChI is InChI=1S/C26H35FN2O4/c27-24-17-22(6-5-20(24)16-25(30)28-10-2-11-28)32-14-9-19-15-23(19)18-7-12-29(13-8-18)26(31)33-21-3-1-4-21/h5-6,17-19,21,23H,1-4,7-16H2/t19-,23-/m1/s1. The molecule has 2 heterocycles. The molecule has 33 heavy (non-hydrogen) atoms. The summed E-state index contributed by atoms with van der Waals surface area (Å²) in [5.74, 6) is 2.24. The van der Waals surface area contributed by atoms with E-state index in [0.717, 1.165) is 70.6 Å². The number of ether oxygens (including phenoxy) is 2. The molecule has 0 aromatic heterocycles. The lowest BCUT2D eigenvalue weighted by Crippen LogP contribution is -2.42. The predicted octanol–water partition coefficient (Wildman–Crippen LogP) is 4.41. The third-order valence-corrected chi connectivity index (χ3v) is 8.03. The maximum atomic E-state index is 14.4. The molecule has 2 saturated carbocycles. The van der Waals surface area contributed by atoms with E-state index in [1.165, 1.54) is 18.9 Å². The van der Waals surface area contributed by atoms with Gasteiger partial charge in [-0.1, -0.05) is 6.07 Å². The van der Waals surface area contributed by atoms with Crippen molar-refractivity contribution in [2.75, 3.05) is 32.8 Å². The van der Waals surface area contributed by atoms with Gasteiger partial charge >= 0.3 is 6.09 Å². The van der Waals surface area contributed by atoms with Crippen LogP contribution in [0.5, 0.6) is 5.75 Å². The number of likely N-dealkylation sites (tertiary alicyclic amines) is 2. The Morgan fingerprint density at radius 2 is 1.79 bits per heavy atom. The normalized spacial score (nSPS) is 25.2. The van der Waals surface area contributed by atoms with Crippen molar-refractivity contribution in [1.29, 1.82) is 0 Å². The van der Waals surface area contributed by atoms with Gasteiger partial charge in [-0.2, -0.15) is 0 Å². The zero-order valence-electron chi connectivity index (χ0n) is 19.3. The smallest absolute Gasteiger partial charge is 0.410 e. The maximum Gasteiger partial charge on any atom is 0.410 e. The Labute approximate surface area is 195 Å². The number of carbonyl (C=O) groups is 2. The molecule has 1 aromatic rings. The second-order valence-corrected chi connectivity index (χ2v) is 10.2. The molecule has 7 heteroatoms. The maximum absolute atomic E-state index is 14.4. The summed E-state index contributed by atoms with van der Waals surface area (Å²) in [6, 6.07) is 4.85. The van der Waals surface area contributed by atoms with Gasteiger partial charge in [0.15, 0.2) is 0 Å². The Kier molecular flexibility index (Phi) is 6.74. The van der Waals surface area contributed by atoms with Crippen LogP contribution in [0.15, 0.2) is 18.2 Å². The van der Waals surface area contributed by atoms with E-state index in [0.29, 0.717) is 29.8 Å². The highest BCUT2D eigenvalue weighted by atomic mass is 19.1. The van der Waals surface area contributed by atoms with Gasteiger partial charge in [0.2, 0.25) is 5.91 Å². The van der Waals surface area contributed by atoms with Crippen LogP contribution in [0.2, 0.25) is 0 Å². The van der Waals surface area contributed by atoms with Crippen LogP contribution >= 0.6 is 0 Å². The molecule has 180 valence electrons. The minimum Gasteiger partial charge on any atom is -0.493 e. The number of hydrogen-bond acceptors (Lipinski definition) is 4. The summed E-state index contributed by atoms with van der Waals surface area (Å²) in [5, 5.41) is 0. The average molecular weight is 459 g/mol. The molecular formula is C26H35FN2O4. The van der Waals surface area contributed by atoms with Crippen LogP contribution in [-0.4, -0.2) is 60.7 Å². The van der Waals surface area contributed by atoms with Gasteiger partial charge in [0.05, 0.1) is 13.0 Å². The second-order valence-electron chi connectivity index (χ2n) is 10.2. The summed E-state index contributed by atoms with van der Waals surface area (Å²) in [7, 11) is 0. The Hall–Kier alpha value is -2.31. The zero-order chi connectivity index (χ0) is 22.8. The number of piperidine rings is 1. The Balaban J connectivity index is 0.991. The zero-order valence-corrected chi connectivity index (χ0v) is 19.3. The van der Waals surface area contributed by atoms with Crippen LogP contribution in [0.3, 0.4) is 0 Å². The molecule has 2 atom stereocenters. The van der Waals surface area contributed by atoms with Gasteiger partial charge in [0.25, 0.3) is 0 Å². The molecule has 2 saturated heterocycles. The molecule has 4 aliphatic rings. The molecular weight excluding hydrogens is 423 g/mol. The number of benzene rings is 1. The SMILES string of the molecule is O=C(Cc1ccc(OCC[C@@H]2C[C@@H]2C2CCN(C(=O)OC3CCC3)CC2)cc1F)N1CCC1. The first kappa shape index (κ1) is 22.5. The minimum absolute atomic E-state index is 0.00492. The molecule has 0 bridgehead atoms. The summed E-state index contributed by atoms with van der Waals surface area (Å²) in [6.07, 6.45) is 8.72. The van der Waals surface area contributed by atoms with Crippen LogP contribution in [0.1, 0.15) is 56.9 Å². The predicted molar refractivity (Wildman–Crippen MR) is 121 cm³/mol. The number of halogens is 1. The van der Waals surface area contributed by atoms with E-state index >= 15 is 0 Å². The highest BCUT2D eigenvalue weighted by Crippen LogP contribution is 2.49. The number of hydrogen-bond donors (Lipinski definition) is 0. The van der Waals surface area contributed by atoms with Gasteiger partial charge in [-0.05, 0) is 80.8 Å². The van der Waals surface area contributed by atoms with E-state index in [4.69, 9.17) is 9.47 Å². The summed E-state index contributed by atoms with van der Waals surface area (Å²) in [4.78, 5) is 27.9. The van der Waals surface area contributed by atoms with Crippen LogP contribution in [-0.2, 0) is 16.0 Å². The Morgan fingerprint density at radius 1 is 1.00 bits per heavy atom. The molecule has 2 amide bonds. The topological polar surface area (TPSA) is 59.1 Å². The first-order valence-corrected chi connectivity index (χ1v) is 12.7. The van der Waals surface area contributed by atoms with Crippen molar-refractivity contribution in [3.05, 3.63) is 29.6 Å². The van der Waals surface area contributed by atoms with Crippen LogP contribution in [0.25, 0.3) is 0 Å². The fraction of sp³-hybridized carbons (Fsp3) is 0.692. The van der Waals surface area contributed by atoms with Crippen molar-refractivity contribution in [1.82, 2.24) is 9.80 Å². The lowest BCUT2D eigenvalue weighted by molar-refractivity contribution is -0.133. The average Bonchev–Trinajstić information content (AvgIpc) is 3.51. The van der Waals surface area contributed by atoms with Gasteiger partial charge in [0.1, 0.15) is 17.7 Å². The molecule has 0 radical (unpaired) electrons. The highest BCUT2D eigenvalue weighted by Gasteiger charge is 2.43. The van der Waals surface area contributed by atoms with Gasteiger partial charge in [0, 0.05) is 32.2 Å². The molecule has 4 fully saturated rings. The summed E-state index contributed by atoms with van der Waals surface area (Å²) >= 11 is 0. The fourth-order valence-electron chi connectivity index (χ4n) is 5.33. The number of nitrogens with zero attached hydrogens (tertiary/aromatic N) is 2. The quantitative estimate of drug-likeness (QED) is 0.579. The van der Waals surface area contributed by atoms with E-state index in [1.54, 1.807) is 17.0 Å². The monoisotopic (exact) mass is 458 g/mol. The third kappa shape index (κ3) is 5.44. The van der Waals surface area contributed by atoms with Crippen molar-refractivity contribution in [2.24, 2.45) is 17.8 Å². The summed E-state index contributed by atoms with van der Waals surface area (Å²) in [6.45, 7) is 3.77. The van der Waals surface area contributed by atoms with Crippen LogP contribution in [0.4, 0.5) is 9.18 Å². The molecule has 0 N–H and O–H groups in total. The Bertz CT molecular complexity index is 862. The molecule has 2 aliphatic heterocycles. The first-order chi connectivity index (χ1) is 16.1. The Morgan fingerprint density at radius 3 is 2.42 bits per heavy atom. The van der Waals surface area contributed by atoms with Crippen molar-refractivity contribution in [3.8, 4) is 5.75 Å². The molecule has 2 aliphatic carbocycles. The molecule has 0 unspecified atom stereocenters. The van der Waals surface area contributed by atoms with E-state index in [-0.39, 0.29) is 30.3 Å². The van der Waals surface area contributed by atoms with Gasteiger partial charge < -0.3 is 19.3 Å². The van der Waals surface area contributed by atoms with E-state index in [2.05, 4.69) is 0 Å².